The van der Waals surface area contributed by atoms with E-state index in [1.807, 2.05) is 0 Å². The summed E-state index contributed by atoms with van der Waals surface area (Å²) in [5, 5.41) is 2.14. The number of benzene rings is 2. The van der Waals surface area contributed by atoms with Gasteiger partial charge in [0.1, 0.15) is 23.5 Å². The minimum absolute atomic E-state index is 0.0587. The second kappa shape index (κ2) is 7.66. The van der Waals surface area contributed by atoms with Crippen molar-refractivity contribution in [2.45, 2.75) is 24.3 Å². The number of sulfonamides is 1. The number of nitrogens with one attached hydrogen (secondary N) is 2. The molecule has 0 aliphatic rings. The summed E-state index contributed by atoms with van der Waals surface area (Å²) in [5.74, 6) is -3.06. The van der Waals surface area contributed by atoms with Crippen molar-refractivity contribution in [2.24, 2.45) is 0 Å². The van der Waals surface area contributed by atoms with Crippen molar-refractivity contribution in [3.8, 4) is 0 Å². The second-order valence-electron chi connectivity index (χ2n) is 5.15. The van der Waals surface area contributed by atoms with E-state index in [1.165, 1.54) is 0 Å². The SMILES string of the molecule is CCC(NS(=O)(=O)c1ccc(F)cc1)C(=O)Nc1cc(F)ccc1F. The van der Waals surface area contributed by atoms with Crippen LogP contribution in [0.4, 0.5) is 18.9 Å². The van der Waals surface area contributed by atoms with Crippen molar-refractivity contribution in [2.75, 3.05) is 5.32 Å². The molecule has 25 heavy (non-hydrogen) atoms. The number of amides is 1. The number of halogens is 3. The number of rotatable bonds is 6. The first-order valence-corrected chi connectivity index (χ1v) is 8.75. The number of hydrogen-bond acceptors (Lipinski definition) is 3. The van der Waals surface area contributed by atoms with Crippen LogP contribution in [0.5, 0.6) is 0 Å². The fourth-order valence-electron chi connectivity index (χ4n) is 2.00. The summed E-state index contributed by atoms with van der Waals surface area (Å²) in [6.07, 6.45) is 0.0587. The van der Waals surface area contributed by atoms with Gasteiger partial charge in [-0.15, -0.1) is 0 Å². The van der Waals surface area contributed by atoms with E-state index in [0.717, 1.165) is 42.5 Å². The Bertz CT molecular complexity index is 871. The molecule has 0 aliphatic carbocycles. The Kier molecular flexibility index (Phi) is 5.81. The van der Waals surface area contributed by atoms with Crippen LogP contribution >= 0.6 is 0 Å². The standard InChI is InChI=1S/C16H15F3N2O3S/c1-2-14(16(22)20-15-9-11(18)5-8-13(15)19)21-25(23,24)12-6-3-10(17)4-7-12/h3-9,14,21H,2H2,1H3,(H,20,22). The van der Waals surface area contributed by atoms with Crippen LogP contribution in [0.25, 0.3) is 0 Å². The molecule has 0 saturated carbocycles. The zero-order valence-electron chi connectivity index (χ0n) is 13.1. The van der Waals surface area contributed by atoms with Gasteiger partial charge < -0.3 is 5.32 Å². The summed E-state index contributed by atoms with van der Waals surface area (Å²) in [5.41, 5.74) is -0.399. The van der Waals surface area contributed by atoms with Gasteiger partial charge in [0.2, 0.25) is 15.9 Å². The minimum atomic E-state index is -4.09. The van der Waals surface area contributed by atoms with Gasteiger partial charge in [-0.1, -0.05) is 6.92 Å². The van der Waals surface area contributed by atoms with Crippen molar-refractivity contribution < 1.29 is 26.4 Å². The third-order valence-electron chi connectivity index (χ3n) is 3.33. The first kappa shape index (κ1) is 18.9. The first-order valence-electron chi connectivity index (χ1n) is 7.26. The van der Waals surface area contributed by atoms with Crippen LogP contribution < -0.4 is 10.0 Å². The Balaban J connectivity index is 2.17. The van der Waals surface area contributed by atoms with E-state index in [-0.39, 0.29) is 11.3 Å². The minimum Gasteiger partial charge on any atom is -0.322 e. The number of anilines is 1. The molecular weight excluding hydrogens is 357 g/mol. The molecule has 0 saturated heterocycles. The highest BCUT2D eigenvalue weighted by molar-refractivity contribution is 7.89. The molecule has 2 aromatic rings. The van der Waals surface area contributed by atoms with Gasteiger partial charge >= 0.3 is 0 Å². The molecule has 1 amide bonds. The third kappa shape index (κ3) is 4.80. The molecule has 9 heteroatoms. The van der Waals surface area contributed by atoms with Crippen molar-refractivity contribution in [3.63, 3.8) is 0 Å². The second-order valence-corrected chi connectivity index (χ2v) is 6.86. The van der Waals surface area contributed by atoms with Gasteiger partial charge in [-0.3, -0.25) is 4.79 Å². The van der Waals surface area contributed by atoms with Crippen molar-refractivity contribution >= 4 is 21.6 Å². The van der Waals surface area contributed by atoms with E-state index in [1.54, 1.807) is 6.92 Å². The number of carbonyl (C=O) groups excluding carboxylic acids is 1. The Hall–Kier alpha value is -2.39. The Labute approximate surface area is 142 Å². The number of hydrogen-bond donors (Lipinski definition) is 2. The highest BCUT2D eigenvalue weighted by atomic mass is 32.2. The summed E-state index contributed by atoms with van der Waals surface area (Å²) in [6, 6.07) is 5.33. The summed E-state index contributed by atoms with van der Waals surface area (Å²) in [4.78, 5) is 12.0. The molecule has 134 valence electrons. The molecule has 1 unspecified atom stereocenters. The average Bonchev–Trinajstić information content (AvgIpc) is 2.56. The van der Waals surface area contributed by atoms with Crippen LogP contribution in [0.1, 0.15) is 13.3 Å². The van der Waals surface area contributed by atoms with E-state index in [2.05, 4.69) is 10.0 Å². The van der Waals surface area contributed by atoms with Crippen molar-refractivity contribution in [1.82, 2.24) is 4.72 Å². The smallest absolute Gasteiger partial charge is 0.242 e. The first-order chi connectivity index (χ1) is 11.7. The maximum atomic E-state index is 13.6. The zero-order valence-corrected chi connectivity index (χ0v) is 13.9. The molecule has 0 bridgehead atoms. The molecule has 2 rings (SSSR count). The van der Waals surface area contributed by atoms with Gasteiger partial charge in [0.25, 0.3) is 0 Å². The Morgan fingerprint density at radius 2 is 1.64 bits per heavy atom. The lowest BCUT2D eigenvalue weighted by molar-refractivity contribution is -0.117. The van der Waals surface area contributed by atoms with Crippen LogP contribution in [-0.2, 0) is 14.8 Å². The van der Waals surface area contributed by atoms with Gasteiger partial charge in [-0.2, -0.15) is 4.72 Å². The topological polar surface area (TPSA) is 75.3 Å². The quantitative estimate of drug-likeness (QED) is 0.819. The molecular formula is C16H15F3N2O3S. The third-order valence-corrected chi connectivity index (χ3v) is 4.82. The highest BCUT2D eigenvalue weighted by Crippen LogP contribution is 2.16. The molecule has 0 fully saturated rings. The Morgan fingerprint density at radius 3 is 2.24 bits per heavy atom. The van der Waals surface area contributed by atoms with Crippen LogP contribution in [0.15, 0.2) is 47.4 Å². The van der Waals surface area contributed by atoms with Gasteiger partial charge in [0, 0.05) is 6.07 Å². The predicted octanol–water partition coefficient (Wildman–Crippen LogP) is 2.80. The monoisotopic (exact) mass is 372 g/mol. The normalized spacial score (nSPS) is 12.6. The lowest BCUT2D eigenvalue weighted by atomic mass is 10.2. The summed E-state index contributed by atoms with van der Waals surface area (Å²) in [6.45, 7) is 1.54. The molecule has 0 heterocycles. The zero-order chi connectivity index (χ0) is 18.6. The van der Waals surface area contributed by atoms with Gasteiger partial charge in [-0.05, 0) is 42.8 Å². The summed E-state index contributed by atoms with van der Waals surface area (Å²) in [7, 11) is -4.09. The lowest BCUT2D eigenvalue weighted by Crippen LogP contribution is -2.43. The van der Waals surface area contributed by atoms with Crippen LogP contribution in [-0.4, -0.2) is 20.4 Å². The van der Waals surface area contributed by atoms with Crippen LogP contribution in [0.3, 0.4) is 0 Å². The lowest BCUT2D eigenvalue weighted by Gasteiger charge is -2.17. The maximum Gasteiger partial charge on any atom is 0.242 e. The van der Waals surface area contributed by atoms with E-state index >= 15 is 0 Å². The molecule has 0 spiro atoms. The molecule has 0 aliphatic heterocycles. The average molecular weight is 372 g/mol. The fourth-order valence-corrected chi connectivity index (χ4v) is 3.28. The van der Waals surface area contributed by atoms with E-state index < -0.39 is 45.1 Å². The molecule has 0 aromatic heterocycles. The largest absolute Gasteiger partial charge is 0.322 e. The van der Waals surface area contributed by atoms with Crippen LogP contribution in [0.2, 0.25) is 0 Å². The maximum absolute atomic E-state index is 13.6. The van der Waals surface area contributed by atoms with E-state index in [0.29, 0.717) is 0 Å². The summed E-state index contributed by atoms with van der Waals surface area (Å²) >= 11 is 0. The van der Waals surface area contributed by atoms with Gasteiger partial charge in [-0.25, -0.2) is 21.6 Å². The predicted molar refractivity (Wildman–Crippen MR) is 85.8 cm³/mol. The number of carbonyl (C=O) groups is 1. The molecule has 2 N–H and O–H groups in total. The molecule has 2 aromatic carbocycles. The van der Waals surface area contributed by atoms with Crippen molar-refractivity contribution in [1.29, 1.82) is 0 Å². The molecule has 0 radical (unpaired) electrons. The fraction of sp³-hybridized carbons (Fsp3) is 0.188. The van der Waals surface area contributed by atoms with Crippen LogP contribution in [0, 0.1) is 17.5 Å². The van der Waals surface area contributed by atoms with Gasteiger partial charge in [0.15, 0.2) is 0 Å². The molecule has 5 nitrogen and oxygen atoms in total. The molecule has 1 atom stereocenters. The van der Waals surface area contributed by atoms with E-state index in [9.17, 15) is 26.4 Å². The summed E-state index contributed by atoms with van der Waals surface area (Å²) < 4.78 is 66.3. The highest BCUT2D eigenvalue weighted by Gasteiger charge is 2.25. The Morgan fingerprint density at radius 1 is 1.04 bits per heavy atom. The van der Waals surface area contributed by atoms with Crippen molar-refractivity contribution in [3.05, 3.63) is 59.9 Å². The van der Waals surface area contributed by atoms with E-state index in [4.69, 9.17) is 0 Å². The van der Waals surface area contributed by atoms with Gasteiger partial charge in [0.05, 0.1) is 10.6 Å².